The van der Waals surface area contributed by atoms with Crippen LogP contribution in [0.4, 0.5) is 25.8 Å². The summed E-state index contributed by atoms with van der Waals surface area (Å²) in [6.07, 6.45) is 0. The topological polar surface area (TPSA) is 58.2 Å². The van der Waals surface area contributed by atoms with Crippen LogP contribution in [-0.4, -0.2) is 8.42 Å². The molecule has 0 aliphatic heterocycles. The molecule has 0 heterocycles. The second kappa shape index (κ2) is 7.13. The third kappa shape index (κ3) is 4.18. The average molecular weight is 374 g/mol. The van der Waals surface area contributed by atoms with E-state index in [-0.39, 0.29) is 4.90 Å². The number of anilines is 3. The number of sulfonamides is 1. The highest BCUT2D eigenvalue weighted by Gasteiger charge is 2.13. The van der Waals surface area contributed by atoms with E-state index in [1.54, 1.807) is 36.4 Å². The summed E-state index contributed by atoms with van der Waals surface area (Å²) in [6, 6.07) is 16.4. The summed E-state index contributed by atoms with van der Waals surface area (Å²) >= 11 is 0. The van der Waals surface area contributed by atoms with Gasteiger partial charge >= 0.3 is 0 Å². The van der Waals surface area contributed by atoms with Crippen LogP contribution in [0.25, 0.3) is 0 Å². The van der Waals surface area contributed by atoms with Crippen LogP contribution in [0.3, 0.4) is 0 Å². The number of rotatable bonds is 5. The van der Waals surface area contributed by atoms with E-state index >= 15 is 0 Å². The molecule has 4 nitrogen and oxygen atoms in total. The molecule has 0 amide bonds. The van der Waals surface area contributed by atoms with E-state index in [1.807, 2.05) is 6.92 Å². The normalized spacial score (nSPS) is 11.2. The molecule has 0 saturated carbocycles. The van der Waals surface area contributed by atoms with Gasteiger partial charge in [-0.25, -0.2) is 17.2 Å². The molecule has 0 radical (unpaired) electrons. The number of halogens is 2. The van der Waals surface area contributed by atoms with Crippen molar-refractivity contribution in [2.45, 2.75) is 11.8 Å². The summed E-state index contributed by atoms with van der Waals surface area (Å²) in [4.78, 5) is 0.173. The predicted octanol–water partition coefficient (Wildman–Crippen LogP) is 4.82. The fourth-order valence-corrected chi connectivity index (χ4v) is 3.35. The fraction of sp³-hybridized carbons (Fsp3) is 0.0526. The monoisotopic (exact) mass is 374 g/mol. The third-order valence-electron chi connectivity index (χ3n) is 3.68. The molecule has 3 rings (SSSR count). The quantitative estimate of drug-likeness (QED) is 0.673. The Balaban J connectivity index is 1.73. The minimum atomic E-state index is -3.67. The molecule has 3 aromatic rings. The van der Waals surface area contributed by atoms with Gasteiger partial charge in [-0.1, -0.05) is 17.7 Å². The maximum absolute atomic E-state index is 13.2. The Kier molecular flexibility index (Phi) is 4.90. The first kappa shape index (κ1) is 17.9. The van der Waals surface area contributed by atoms with Crippen molar-refractivity contribution in [3.63, 3.8) is 0 Å². The number of hydrogen-bond donors (Lipinski definition) is 2. The van der Waals surface area contributed by atoms with Crippen LogP contribution in [0.2, 0.25) is 0 Å². The van der Waals surface area contributed by atoms with Crippen molar-refractivity contribution in [2.75, 3.05) is 10.0 Å². The Hall–Kier alpha value is -2.93. The van der Waals surface area contributed by atoms with Crippen molar-refractivity contribution in [3.05, 3.63) is 83.9 Å². The molecule has 0 fully saturated rings. The van der Waals surface area contributed by atoms with Gasteiger partial charge in [0.2, 0.25) is 0 Å². The van der Waals surface area contributed by atoms with Crippen molar-refractivity contribution in [3.8, 4) is 0 Å². The maximum Gasteiger partial charge on any atom is 0.261 e. The molecule has 0 saturated heterocycles. The third-order valence-corrected chi connectivity index (χ3v) is 5.07. The standard InChI is InChI=1S/C19H16F2N2O2S/c1-13-2-9-17(10-3-13)26(24,25)23-15-6-4-14(5-7-15)22-16-8-11-18(20)19(21)12-16/h2-12,22-23H,1H3. The van der Waals surface area contributed by atoms with E-state index < -0.39 is 21.7 Å². The smallest absolute Gasteiger partial charge is 0.261 e. The maximum atomic E-state index is 13.2. The zero-order valence-corrected chi connectivity index (χ0v) is 14.6. The number of hydrogen-bond acceptors (Lipinski definition) is 3. The van der Waals surface area contributed by atoms with Gasteiger partial charge in [-0.3, -0.25) is 4.72 Å². The molecule has 26 heavy (non-hydrogen) atoms. The van der Waals surface area contributed by atoms with Crippen LogP contribution in [0.15, 0.2) is 71.6 Å². The lowest BCUT2D eigenvalue weighted by atomic mass is 10.2. The molecule has 3 aromatic carbocycles. The average Bonchev–Trinajstić information content (AvgIpc) is 2.60. The molecule has 0 unspecified atom stereocenters. The van der Waals surface area contributed by atoms with Crippen LogP contribution in [-0.2, 0) is 10.0 Å². The Morgan fingerprint density at radius 3 is 1.92 bits per heavy atom. The number of benzene rings is 3. The van der Waals surface area contributed by atoms with Crippen molar-refractivity contribution >= 4 is 27.1 Å². The van der Waals surface area contributed by atoms with Gasteiger partial charge in [0, 0.05) is 23.1 Å². The van der Waals surface area contributed by atoms with E-state index in [0.29, 0.717) is 17.1 Å². The minimum absolute atomic E-state index is 0.173. The highest BCUT2D eigenvalue weighted by Crippen LogP contribution is 2.22. The molecule has 0 aliphatic carbocycles. The lowest BCUT2D eigenvalue weighted by Crippen LogP contribution is -2.12. The second-order valence-electron chi connectivity index (χ2n) is 5.75. The predicted molar refractivity (Wildman–Crippen MR) is 98.1 cm³/mol. The van der Waals surface area contributed by atoms with Gasteiger partial charge in [0.1, 0.15) is 0 Å². The zero-order chi connectivity index (χ0) is 18.7. The van der Waals surface area contributed by atoms with Crippen molar-refractivity contribution < 1.29 is 17.2 Å². The highest BCUT2D eigenvalue weighted by atomic mass is 32.2. The molecule has 0 spiro atoms. The first-order valence-electron chi connectivity index (χ1n) is 7.75. The van der Waals surface area contributed by atoms with E-state index in [2.05, 4.69) is 10.0 Å². The fourth-order valence-electron chi connectivity index (χ4n) is 2.29. The Labute approximate surface area is 150 Å². The van der Waals surface area contributed by atoms with Gasteiger partial charge < -0.3 is 5.32 Å². The van der Waals surface area contributed by atoms with E-state index in [1.165, 1.54) is 18.2 Å². The van der Waals surface area contributed by atoms with Crippen LogP contribution >= 0.6 is 0 Å². The Morgan fingerprint density at radius 2 is 1.31 bits per heavy atom. The van der Waals surface area contributed by atoms with Crippen LogP contribution in [0.1, 0.15) is 5.56 Å². The van der Waals surface area contributed by atoms with Gasteiger partial charge in [-0.05, 0) is 55.5 Å². The van der Waals surface area contributed by atoms with Gasteiger partial charge in [0.25, 0.3) is 10.0 Å². The van der Waals surface area contributed by atoms with E-state index in [0.717, 1.165) is 17.7 Å². The summed E-state index contributed by atoms with van der Waals surface area (Å²) in [6.45, 7) is 1.88. The first-order chi connectivity index (χ1) is 12.3. The van der Waals surface area contributed by atoms with Crippen molar-refractivity contribution in [2.24, 2.45) is 0 Å². The molecular weight excluding hydrogens is 358 g/mol. The summed E-state index contributed by atoms with van der Waals surface area (Å²) in [5.41, 5.74) is 2.35. The second-order valence-corrected chi connectivity index (χ2v) is 7.43. The first-order valence-corrected chi connectivity index (χ1v) is 9.23. The van der Waals surface area contributed by atoms with E-state index in [4.69, 9.17) is 0 Å². The summed E-state index contributed by atoms with van der Waals surface area (Å²) < 4.78 is 53.4. The van der Waals surface area contributed by atoms with E-state index in [9.17, 15) is 17.2 Å². The Morgan fingerprint density at radius 1 is 0.731 bits per heavy atom. The molecule has 7 heteroatoms. The van der Waals surface area contributed by atoms with Crippen LogP contribution in [0.5, 0.6) is 0 Å². The SMILES string of the molecule is Cc1ccc(S(=O)(=O)Nc2ccc(Nc3ccc(F)c(F)c3)cc2)cc1. The molecule has 0 bridgehead atoms. The van der Waals surface area contributed by atoms with Crippen LogP contribution in [0, 0.1) is 18.6 Å². The molecule has 0 atom stereocenters. The minimum Gasteiger partial charge on any atom is -0.355 e. The molecule has 0 aromatic heterocycles. The van der Waals surface area contributed by atoms with Crippen molar-refractivity contribution in [1.82, 2.24) is 0 Å². The van der Waals surface area contributed by atoms with Crippen molar-refractivity contribution in [1.29, 1.82) is 0 Å². The summed E-state index contributed by atoms with van der Waals surface area (Å²) in [7, 11) is -3.67. The Bertz CT molecular complexity index is 1020. The summed E-state index contributed by atoms with van der Waals surface area (Å²) in [5, 5.41) is 2.92. The molecule has 0 aliphatic rings. The van der Waals surface area contributed by atoms with Gasteiger partial charge in [0.05, 0.1) is 4.90 Å². The van der Waals surface area contributed by atoms with Gasteiger partial charge in [-0.2, -0.15) is 0 Å². The lowest BCUT2D eigenvalue weighted by molar-refractivity contribution is 0.509. The summed E-state index contributed by atoms with van der Waals surface area (Å²) in [5.74, 6) is -1.87. The number of aryl methyl sites for hydroxylation is 1. The molecule has 2 N–H and O–H groups in total. The van der Waals surface area contributed by atoms with Crippen LogP contribution < -0.4 is 10.0 Å². The largest absolute Gasteiger partial charge is 0.355 e. The van der Waals surface area contributed by atoms with Gasteiger partial charge in [-0.15, -0.1) is 0 Å². The molecular formula is C19H16F2N2O2S. The number of nitrogens with one attached hydrogen (secondary N) is 2. The highest BCUT2D eigenvalue weighted by molar-refractivity contribution is 7.92. The van der Waals surface area contributed by atoms with Gasteiger partial charge in [0.15, 0.2) is 11.6 Å². The molecule has 134 valence electrons. The zero-order valence-electron chi connectivity index (χ0n) is 13.8. The lowest BCUT2D eigenvalue weighted by Gasteiger charge is -2.10.